The van der Waals surface area contributed by atoms with Crippen LogP contribution in [0.1, 0.15) is 19.3 Å². The third-order valence-corrected chi connectivity index (χ3v) is 2.79. The second-order valence-corrected chi connectivity index (χ2v) is 4.04. The van der Waals surface area contributed by atoms with Crippen LogP contribution in [-0.4, -0.2) is 19.1 Å². The lowest BCUT2D eigenvalue weighted by Crippen LogP contribution is -2.39. The van der Waals surface area contributed by atoms with E-state index in [9.17, 15) is 4.39 Å². The van der Waals surface area contributed by atoms with Crippen molar-refractivity contribution < 1.29 is 4.39 Å². The molecule has 0 amide bonds. The van der Waals surface area contributed by atoms with Gasteiger partial charge in [-0.05, 0) is 37.6 Å². The number of rotatable bonds is 3. The largest absolute Gasteiger partial charge is 0.383 e. The van der Waals surface area contributed by atoms with E-state index in [-0.39, 0.29) is 5.82 Å². The molecule has 1 aliphatic rings. The minimum absolute atomic E-state index is 0.184. The van der Waals surface area contributed by atoms with Crippen LogP contribution in [0.25, 0.3) is 0 Å². The summed E-state index contributed by atoms with van der Waals surface area (Å²) in [5.41, 5.74) is 0.863. The molecule has 1 unspecified atom stereocenters. The molecule has 1 saturated heterocycles. The molecule has 1 atom stereocenters. The lowest BCUT2D eigenvalue weighted by molar-refractivity contribution is 0.414. The molecule has 2 rings (SSSR count). The van der Waals surface area contributed by atoms with E-state index in [1.54, 1.807) is 6.07 Å². The zero-order valence-corrected chi connectivity index (χ0v) is 8.80. The summed E-state index contributed by atoms with van der Waals surface area (Å²) >= 11 is 0. The topological polar surface area (TPSA) is 24.1 Å². The van der Waals surface area contributed by atoms with Crippen LogP contribution in [0.15, 0.2) is 24.3 Å². The molecule has 0 spiro atoms. The number of halogens is 1. The molecule has 1 heterocycles. The molecule has 1 aromatic rings. The highest BCUT2D eigenvalue weighted by Crippen LogP contribution is 2.11. The molecule has 82 valence electrons. The summed E-state index contributed by atoms with van der Waals surface area (Å²) in [5, 5.41) is 6.70. The Kier molecular flexibility index (Phi) is 3.56. The van der Waals surface area contributed by atoms with Crippen molar-refractivity contribution in [3.8, 4) is 0 Å². The van der Waals surface area contributed by atoms with Crippen LogP contribution >= 0.6 is 0 Å². The van der Waals surface area contributed by atoms with Crippen LogP contribution in [0.4, 0.5) is 10.1 Å². The van der Waals surface area contributed by atoms with Gasteiger partial charge in [0.25, 0.3) is 0 Å². The van der Waals surface area contributed by atoms with E-state index in [2.05, 4.69) is 10.6 Å². The van der Waals surface area contributed by atoms with Gasteiger partial charge in [-0.3, -0.25) is 0 Å². The van der Waals surface area contributed by atoms with Crippen molar-refractivity contribution in [2.45, 2.75) is 25.3 Å². The number of anilines is 1. The molecule has 1 aromatic carbocycles. The van der Waals surface area contributed by atoms with Crippen molar-refractivity contribution >= 4 is 5.69 Å². The molecule has 1 fully saturated rings. The fourth-order valence-corrected chi connectivity index (χ4v) is 1.94. The van der Waals surface area contributed by atoms with Crippen LogP contribution in [-0.2, 0) is 0 Å². The predicted octanol–water partition coefficient (Wildman–Crippen LogP) is 2.38. The SMILES string of the molecule is Fc1cccc(NCC2CCCCN2)c1. The molecule has 0 radical (unpaired) electrons. The highest BCUT2D eigenvalue weighted by atomic mass is 19.1. The maximum Gasteiger partial charge on any atom is 0.125 e. The summed E-state index contributed by atoms with van der Waals surface area (Å²) in [4.78, 5) is 0. The summed E-state index contributed by atoms with van der Waals surface area (Å²) in [6, 6.07) is 7.15. The molecular formula is C12H17FN2. The fourth-order valence-electron chi connectivity index (χ4n) is 1.94. The third kappa shape index (κ3) is 3.20. The highest BCUT2D eigenvalue weighted by molar-refractivity contribution is 5.43. The second-order valence-electron chi connectivity index (χ2n) is 4.04. The Labute approximate surface area is 89.9 Å². The molecule has 1 aliphatic heterocycles. The van der Waals surface area contributed by atoms with E-state index >= 15 is 0 Å². The summed E-state index contributed by atoms with van der Waals surface area (Å²) < 4.78 is 12.9. The maximum atomic E-state index is 12.9. The third-order valence-electron chi connectivity index (χ3n) is 2.79. The van der Waals surface area contributed by atoms with Gasteiger partial charge in [0.15, 0.2) is 0 Å². The first kappa shape index (κ1) is 10.4. The maximum absolute atomic E-state index is 12.9. The summed E-state index contributed by atoms with van der Waals surface area (Å²) in [6.07, 6.45) is 3.78. The molecule has 0 saturated carbocycles. The van der Waals surface area contributed by atoms with Crippen molar-refractivity contribution in [1.82, 2.24) is 5.32 Å². The number of nitrogens with one attached hydrogen (secondary N) is 2. The van der Waals surface area contributed by atoms with Crippen molar-refractivity contribution in [1.29, 1.82) is 0 Å². The zero-order valence-electron chi connectivity index (χ0n) is 8.80. The Bertz CT molecular complexity index is 308. The van der Waals surface area contributed by atoms with Gasteiger partial charge in [-0.15, -0.1) is 0 Å². The van der Waals surface area contributed by atoms with Gasteiger partial charge in [0.2, 0.25) is 0 Å². The van der Waals surface area contributed by atoms with E-state index < -0.39 is 0 Å². The van der Waals surface area contributed by atoms with Crippen LogP contribution in [0.3, 0.4) is 0 Å². The summed E-state index contributed by atoms with van der Waals surface area (Å²) in [7, 11) is 0. The molecule has 3 heteroatoms. The highest BCUT2D eigenvalue weighted by Gasteiger charge is 2.11. The first-order chi connectivity index (χ1) is 7.34. The lowest BCUT2D eigenvalue weighted by atomic mass is 10.1. The van der Waals surface area contributed by atoms with Crippen LogP contribution < -0.4 is 10.6 Å². The molecule has 2 nitrogen and oxygen atoms in total. The van der Waals surface area contributed by atoms with Gasteiger partial charge in [-0.1, -0.05) is 12.5 Å². The number of hydrogen-bond donors (Lipinski definition) is 2. The van der Waals surface area contributed by atoms with Crippen LogP contribution in [0.2, 0.25) is 0 Å². The van der Waals surface area contributed by atoms with Crippen molar-refractivity contribution in [3.05, 3.63) is 30.1 Å². The van der Waals surface area contributed by atoms with Crippen molar-refractivity contribution in [2.24, 2.45) is 0 Å². The molecule has 0 aromatic heterocycles. The molecule has 0 aliphatic carbocycles. The van der Waals surface area contributed by atoms with Crippen LogP contribution in [0.5, 0.6) is 0 Å². The van der Waals surface area contributed by atoms with E-state index in [0.717, 1.165) is 18.8 Å². The first-order valence-electron chi connectivity index (χ1n) is 5.57. The Hall–Kier alpha value is -1.09. The van der Waals surface area contributed by atoms with Gasteiger partial charge in [-0.25, -0.2) is 4.39 Å². The molecular weight excluding hydrogens is 191 g/mol. The average Bonchev–Trinajstić information content (AvgIpc) is 2.28. The minimum atomic E-state index is -0.184. The lowest BCUT2D eigenvalue weighted by Gasteiger charge is -2.24. The van der Waals surface area contributed by atoms with E-state index in [1.807, 2.05) is 6.07 Å². The molecule has 0 bridgehead atoms. The predicted molar refractivity (Wildman–Crippen MR) is 60.5 cm³/mol. The Morgan fingerprint density at radius 2 is 2.33 bits per heavy atom. The minimum Gasteiger partial charge on any atom is -0.383 e. The van der Waals surface area contributed by atoms with Gasteiger partial charge >= 0.3 is 0 Å². The smallest absolute Gasteiger partial charge is 0.125 e. The molecule has 2 N–H and O–H groups in total. The standard InChI is InChI=1S/C12H17FN2/c13-10-4-3-6-11(8-10)15-9-12-5-1-2-7-14-12/h3-4,6,8,12,14-15H,1-2,5,7,9H2. The monoisotopic (exact) mass is 208 g/mol. The Morgan fingerprint density at radius 3 is 3.07 bits per heavy atom. The van der Waals surface area contributed by atoms with Gasteiger partial charge in [-0.2, -0.15) is 0 Å². The summed E-state index contributed by atoms with van der Waals surface area (Å²) in [6.45, 7) is 1.99. The van der Waals surface area contributed by atoms with E-state index in [0.29, 0.717) is 6.04 Å². The average molecular weight is 208 g/mol. The normalized spacial score (nSPS) is 21.3. The number of hydrogen-bond acceptors (Lipinski definition) is 2. The Balaban J connectivity index is 1.81. The quantitative estimate of drug-likeness (QED) is 0.797. The second kappa shape index (κ2) is 5.12. The zero-order chi connectivity index (χ0) is 10.5. The summed E-state index contributed by atoms with van der Waals surface area (Å²) in [5.74, 6) is -0.184. The van der Waals surface area contributed by atoms with E-state index in [1.165, 1.54) is 31.4 Å². The number of piperidine rings is 1. The molecule has 15 heavy (non-hydrogen) atoms. The van der Waals surface area contributed by atoms with Crippen molar-refractivity contribution in [3.63, 3.8) is 0 Å². The fraction of sp³-hybridized carbons (Fsp3) is 0.500. The van der Waals surface area contributed by atoms with Crippen LogP contribution in [0, 0.1) is 5.82 Å². The van der Waals surface area contributed by atoms with Gasteiger partial charge in [0.1, 0.15) is 5.82 Å². The number of benzene rings is 1. The van der Waals surface area contributed by atoms with Gasteiger partial charge in [0, 0.05) is 18.3 Å². The van der Waals surface area contributed by atoms with Gasteiger partial charge in [0.05, 0.1) is 0 Å². The Morgan fingerprint density at radius 1 is 1.40 bits per heavy atom. The van der Waals surface area contributed by atoms with E-state index in [4.69, 9.17) is 0 Å². The van der Waals surface area contributed by atoms with Crippen molar-refractivity contribution in [2.75, 3.05) is 18.4 Å². The first-order valence-corrected chi connectivity index (χ1v) is 5.57. The van der Waals surface area contributed by atoms with Gasteiger partial charge < -0.3 is 10.6 Å².